The number of thiophene rings is 1. The van der Waals surface area contributed by atoms with Crippen molar-refractivity contribution in [1.29, 1.82) is 0 Å². The van der Waals surface area contributed by atoms with Gasteiger partial charge in [0.2, 0.25) is 0 Å². The minimum atomic E-state index is 0.158. The summed E-state index contributed by atoms with van der Waals surface area (Å²) in [6.07, 6.45) is 0. The lowest BCUT2D eigenvalue weighted by Gasteiger charge is -2.21. The third-order valence-electron chi connectivity index (χ3n) is 3.37. The monoisotopic (exact) mass is 369 g/mol. The van der Waals surface area contributed by atoms with Gasteiger partial charge >= 0.3 is 0 Å². The van der Waals surface area contributed by atoms with Crippen LogP contribution in [0, 0.1) is 6.92 Å². The van der Waals surface area contributed by atoms with Crippen LogP contribution in [0.15, 0.2) is 28.1 Å². The third kappa shape index (κ3) is 3.59. The van der Waals surface area contributed by atoms with E-state index in [9.17, 15) is 0 Å². The molecule has 5 heteroatoms. The highest BCUT2D eigenvalue weighted by atomic mass is 79.9. The SMILES string of the molecule is CCNC(c1ccc(Br)s1)c1cc(OC)c(OC)cc1C. The van der Waals surface area contributed by atoms with Gasteiger partial charge < -0.3 is 14.8 Å². The molecule has 0 saturated carbocycles. The van der Waals surface area contributed by atoms with Crippen molar-refractivity contribution in [3.8, 4) is 11.5 Å². The zero-order valence-electron chi connectivity index (χ0n) is 12.7. The third-order valence-corrected chi connectivity index (χ3v) is 5.06. The normalized spacial score (nSPS) is 12.2. The predicted octanol–water partition coefficient (Wildman–Crippen LogP) is 4.54. The summed E-state index contributed by atoms with van der Waals surface area (Å²) in [7, 11) is 3.33. The zero-order chi connectivity index (χ0) is 15.4. The number of rotatable bonds is 6. The first-order valence-corrected chi connectivity index (χ1v) is 8.42. The fourth-order valence-corrected chi connectivity index (χ4v) is 3.88. The molecule has 0 aliphatic carbocycles. The molecule has 0 saturated heterocycles. The Kier molecular flexibility index (Phi) is 5.67. The molecule has 2 aromatic rings. The summed E-state index contributed by atoms with van der Waals surface area (Å²) in [6, 6.07) is 8.49. The first kappa shape index (κ1) is 16.3. The summed E-state index contributed by atoms with van der Waals surface area (Å²) in [4.78, 5) is 1.28. The van der Waals surface area contributed by atoms with Gasteiger partial charge in [0.25, 0.3) is 0 Å². The van der Waals surface area contributed by atoms with Gasteiger partial charge in [-0.3, -0.25) is 0 Å². The molecule has 0 amide bonds. The van der Waals surface area contributed by atoms with Crippen LogP contribution >= 0.6 is 27.3 Å². The lowest BCUT2D eigenvalue weighted by Crippen LogP contribution is -2.22. The van der Waals surface area contributed by atoms with Crippen LogP contribution in [0.5, 0.6) is 11.5 Å². The molecule has 0 aliphatic rings. The Labute approximate surface area is 138 Å². The predicted molar refractivity (Wildman–Crippen MR) is 91.8 cm³/mol. The number of methoxy groups -OCH3 is 2. The van der Waals surface area contributed by atoms with E-state index in [2.05, 4.69) is 53.3 Å². The number of ether oxygens (including phenoxy) is 2. The van der Waals surface area contributed by atoms with Crippen molar-refractivity contribution in [3.05, 3.63) is 44.1 Å². The lowest BCUT2D eigenvalue weighted by molar-refractivity contribution is 0.354. The molecule has 0 spiro atoms. The maximum absolute atomic E-state index is 5.44. The quantitative estimate of drug-likeness (QED) is 0.810. The number of hydrogen-bond donors (Lipinski definition) is 1. The summed E-state index contributed by atoms with van der Waals surface area (Å²) in [6.45, 7) is 5.12. The molecule has 2 rings (SSSR count). The van der Waals surface area contributed by atoms with E-state index in [0.717, 1.165) is 21.8 Å². The number of benzene rings is 1. The van der Waals surface area contributed by atoms with Gasteiger partial charge in [-0.25, -0.2) is 0 Å². The van der Waals surface area contributed by atoms with Gasteiger partial charge in [-0.2, -0.15) is 0 Å². The van der Waals surface area contributed by atoms with Crippen molar-refractivity contribution >= 4 is 27.3 Å². The molecular formula is C16H20BrNO2S. The molecule has 1 N–H and O–H groups in total. The molecule has 1 aromatic heterocycles. The van der Waals surface area contributed by atoms with E-state index in [1.165, 1.54) is 16.0 Å². The number of hydrogen-bond acceptors (Lipinski definition) is 4. The summed E-state index contributed by atoms with van der Waals surface area (Å²) >= 11 is 5.28. The van der Waals surface area contributed by atoms with Gasteiger partial charge in [-0.15, -0.1) is 11.3 Å². The Bertz CT molecular complexity index is 612. The van der Waals surface area contributed by atoms with Crippen LogP contribution in [0.25, 0.3) is 0 Å². The van der Waals surface area contributed by atoms with Crippen molar-refractivity contribution < 1.29 is 9.47 Å². The largest absolute Gasteiger partial charge is 0.493 e. The molecular weight excluding hydrogens is 350 g/mol. The first-order chi connectivity index (χ1) is 10.1. The van der Waals surface area contributed by atoms with E-state index >= 15 is 0 Å². The minimum absolute atomic E-state index is 0.158. The molecule has 0 aliphatic heterocycles. The molecule has 1 aromatic carbocycles. The summed E-state index contributed by atoms with van der Waals surface area (Å²) in [5.74, 6) is 1.53. The van der Waals surface area contributed by atoms with Crippen LogP contribution in [0.4, 0.5) is 0 Å². The zero-order valence-corrected chi connectivity index (χ0v) is 15.1. The Morgan fingerprint density at radius 3 is 2.38 bits per heavy atom. The van der Waals surface area contributed by atoms with Gasteiger partial charge in [0, 0.05) is 4.88 Å². The molecule has 1 atom stereocenters. The van der Waals surface area contributed by atoms with Gasteiger partial charge in [-0.1, -0.05) is 6.92 Å². The maximum atomic E-state index is 5.44. The average Bonchev–Trinajstić information content (AvgIpc) is 2.91. The van der Waals surface area contributed by atoms with E-state index in [1.54, 1.807) is 25.6 Å². The van der Waals surface area contributed by atoms with Crippen molar-refractivity contribution in [1.82, 2.24) is 5.32 Å². The summed E-state index contributed by atoms with van der Waals surface area (Å²) in [5, 5.41) is 3.55. The highest BCUT2D eigenvalue weighted by Crippen LogP contribution is 2.37. The van der Waals surface area contributed by atoms with Gasteiger partial charge in [-0.05, 0) is 64.8 Å². The van der Waals surface area contributed by atoms with Crippen molar-refractivity contribution in [3.63, 3.8) is 0 Å². The fraction of sp³-hybridized carbons (Fsp3) is 0.375. The van der Waals surface area contributed by atoms with Crippen LogP contribution in [-0.2, 0) is 0 Å². The molecule has 0 bridgehead atoms. The average molecular weight is 370 g/mol. The second-order valence-corrected chi connectivity index (χ2v) is 7.19. The standard InChI is InChI=1S/C16H20BrNO2S/c1-5-18-16(14-6-7-15(17)21-14)11-9-13(20-4)12(19-3)8-10(11)2/h6-9,16,18H,5H2,1-4H3. The van der Waals surface area contributed by atoms with E-state index in [-0.39, 0.29) is 6.04 Å². The van der Waals surface area contributed by atoms with Gasteiger partial charge in [0.05, 0.1) is 24.0 Å². The Hall–Kier alpha value is -1.04. The minimum Gasteiger partial charge on any atom is -0.493 e. The van der Waals surface area contributed by atoms with Crippen molar-refractivity contribution in [2.75, 3.05) is 20.8 Å². The van der Waals surface area contributed by atoms with Gasteiger partial charge in [0.15, 0.2) is 11.5 Å². The second-order valence-electron chi connectivity index (χ2n) is 4.70. The molecule has 0 radical (unpaired) electrons. The molecule has 3 nitrogen and oxygen atoms in total. The molecule has 114 valence electrons. The summed E-state index contributed by atoms with van der Waals surface area (Å²) < 4.78 is 12.0. The topological polar surface area (TPSA) is 30.5 Å². The maximum Gasteiger partial charge on any atom is 0.161 e. The highest BCUT2D eigenvalue weighted by Gasteiger charge is 2.19. The Morgan fingerprint density at radius 1 is 1.19 bits per heavy atom. The van der Waals surface area contributed by atoms with Crippen LogP contribution in [0.3, 0.4) is 0 Å². The fourth-order valence-electron chi connectivity index (χ4n) is 2.36. The smallest absolute Gasteiger partial charge is 0.161 e. The lowest BCUT2D eigenvalue weighted by atomic mass is 9.99. The molecule has 1 unspecified atom stereocenters. The molecule has 21 heavy (non-hydrogen) atoms. The number of nitrogens with one attached hydrogen (secondary N) is 1. The summed E-state index contributed by atoms with van der Waals surface area (Å²) in [5.41, 5.74) is 2.40. The van der Waals surface area contributed by atoms with E-state index < -0.39 is 0 Å². The first-order valence-electron chi connectivity index (χ1n) is 6.81. The van der Waals surface area contributed by atoms with Crippen LogP contribution in [0.1, 0.15) is 29.0 Å². The van der Waals surface area contributed by atoms with E-state index in [1.807, 2.05) is 6.07 Å². The Balaban J connectivity index is 2.49. The van der Waals surface area contributed by atoms with Crippen molar-refractivity contribution in [2.45, 2.75) is 19.9 Å². The second kappa shape index (κ2) is 7.29. The van der Waals surface area contributed by atoms with Gasteiger partial charge in [0.1, 0.15) is 0 Å². The molecule has 1 heterocycles. The van der Waals surface area contributed by atoms with Crippen LogP contribution in [-0.4, -0.2) is 20.8 Å². The highest BCUT2D eigenvalue weighted by molar-refractivity contribution is 9.11. The van der Waals surface area contributed by atoms with E-state index in [4.69, 9.17) is 9.47 Å². The number of halogens is 1. The van der Waals surface area contributed by atoms with E-state index in [0.29, 0.717) is 0 Å². The van der Waals surface area contributed by atoms with Crippen LogP contribution < -0.4 is 14.8 Å². The molecule has 0 fully saturated rings. The van der Waals surface area contributed by atoms with Crippen LogP contribution in [0.2, 0.25) is 0 Å². The van der Waals surface area contributed by atoms with Crippen molar-refractivity contribution in [2.24, 2.45) is 0 Å². The Morgan fingerprint density at radius 2 is 1.86 bits per heavy atom. The number of aryl methyl sites for hydroxylation is 1.